The Morgan fingerprint density at radius 1 is 1.69 bits per heavy atom. The van der Waals surface area contributed by atoms with Gasteiger partial charge in [0.2, 0.25) is 0 Å². The highest BCUT2D eigenvalue weighted by atomic mass is 16.4. The molecule has 0 aliphatic carbocycles. The van der Waals surface area contributed by atoms with Crippen LogP contribution in [0, 0.1) is 6.92 Å². The van der Waals surface area contributed by atoms with E-state index in [1.807, 2.05) is 25.3 Å². The fourth-order valence-corrected chi connectivity index (χ4v) is 1.81. The molecule has 0 bridgehead atoms. The number of hydrogen-bond donors (Lipinski definition) is 2. The smallest absolute Gasteiger partial charge is 0.305 e. The molecule has 0 aliphatic rings. The zero-order valence-corrected chi connectivity index (χ0v) is 8.92. The number of nitrogens with zero attached hydrogens (tertiary/aromatic N) is 2. The minimum Gasteiger partial charge on any atom is -0.481 e. The summed E-state index contributed by atoms with van der Waals surface area (Å²) in [5, 5.41) is 12.9. The van der Waals surface area contributed by atoms with Crippen molar-refractivity contribution in [2.24, 2.45) is 5.73 Å². The van der Waals surface area contributed by atoms with Gasteiger partial charge in [-0.3, -0.25) is 4.79 Å². The van der Waals surface area contributed by atoms with E-state index in [4.69, 9.17) is 10.8 Å². The van der Waals surface area contributed by atoms with Crippen molar-refractivity contribution in [3.63, 3.8) is 0 Å². The van der Waals surface area contributed by atoms with Crippen LogP contribution in [0.4, 0.5) is 0 Å². The number of hydrogen-bond acceptors (Lipinski definition) is 3. The van der Waals surface area contributed by atoms with Gasteiger partial charge in [-0.15, -0.1) is 0 Å². The van der Waals surface area contributed by atoms with Gasteiger partial charge in [-0.05, 0) is 18.6 Å². The average molecular weight is 219 g/mol. The molecule has 1 unspecified atom stereocenters. The molecule has 16 heavy (non-hydrogen) atoms. The number of pyridine rings is 1. The van der Waals surface area contributed by atoms with Crippen LogP contribution >= 0.6 is 0 Å². The predicted molar refractivity (Wildman–Crippen MR) is 59.1 cm³/mol. The zero-order chi connectivity index (χ0) is 11.7. The summed E-state index contributed by atoms with van der Waals surface area (Å²) in [5.41, 5.74) is 8.56. The van der Waals surface area contributed by atoms with Crippen molar-refractivity contribution in [1.82, 2.24) is 9.61 Å². The molecule has 0 fully saturated rings. The third-order valence-corrected chi connectivity index (χ3v) is 2.56. The molecule has 2 heterocycles. The fraction of sp³-hybridized carbons (Fsp3) is 0.273. The van der Waals surface area contributed by atoms with Crippen molar-refractivity contribution < 1.29 is 9.90 Å². The monoisotopic (exact) mass is 219 g/mol. The van der Waals surface area contributed by atoms with E-state index in [1.165, 1.54) is 0 Å². The van der Waals surface area contributed by atoms with Gasteiger partial charge in [0.15, 0.2) is 0 Å². The molecule has 0 spiro atoms. The Morgan fingerprint density at radius 2 is 2.44 bits per heavy atom. The summed E-state index contributed by atoms with van der Waals surface area (Å²) in [4.78, 5) is 10.6. The molecule has 5 heteroatoms. The first-order valence-corrected chi connectivity index (χ1v) is 5.00. The standard InChI is InChI=1S/C11H13N3O2/c1-7-3-2-4-14-11(7)8(6-13-14)9(12)5-10(15)16/h2-4,6,9H,5,12H2,1H3,(H,15,16). The Morgan fingerprint density at radius 3 is 3.12 bits per heavy atom. The molecule has 5 nitrogen and oxygen atoms in total. The van der Waals surface area contributed by atoms with E-state index in [9.17, 15) is 4.79 Å². The largest absolute Gasteiger partial charge is 0.481 e. The summed E-state index contributed by atoms with van der Waals surface area (Å²) in [6, 6.07) is 3.33. The van der Waals surface area contributed by atoms with Gasteiger partial charge in [0.1, 0.15) is 0 Å². The van der Waals surface area contributed by atoms with Gasteiger partial charge < -0.3 is 10.8 Å². The Labute approximate surface area is 92.5 Å². The minimum absolute atomic E-state index is 0.0876. The molecular weight excluding hydrogens is 206 g/mol. The van der Waals surface area contributed by atoms with Crippen LogP contribution in [-0.4, -0.2) is 20.7 Å². The number of carbonyl (C=O) groups is 1. The maximum absolute atomic E-state index is 10.6. The number of aryl methyl sites for hydroxylation is 1. The summed E-state index contributed by atoms with van der Waals surface area (Å²) >= 11 is 0. The van der Waals surface area contributed by atoms with E-state index >= 15 is 0 Å². The summed E-state index contributed by atoms with van der Waals surface area (Å²) in [5.74, 6) is -0.902. The van der Waals surface area contributed by atoms with Crippen LogP contribution in [0.3, 0.4) is 0 Å². The molecule has 3 N–H and O–H groups in total. The third kappa shape index (κ3) is 1.77. The first kappa shape index (κ1) is 10.6. The van der Waals surface area contributed by atoms with E-state index in [1.54, 1.807) is 10.7 Å². The van der Waals surface area contributed by atoms with Crippen LogP contribution < -0.4 is 5.73 Å². The van der Waals surface area contributed by atoms with Gasteiger partial charge in [-0.1, -0.05) is 6.07 Å². The molecule has 2 aromatic rings. The summed E-state index contributed by atoms with van der Waals surface area (Å²) in [6.45, 7) is 1.95. The average Bonchev–Trinajstić information content (AvgIpc) is 2.61. The molecule has 0 saturated heterocycles. The number of aromatic nitrogens is 2. The maximum atomic E-state index is 10.6. The number of carboxylic acid groups (broad SMARTS) is 1. The highest BCUT2D eigenvalue weighted by Crippen LogP contribution is 2.22. The number of nitrogens with two attached hydrogens (primary N) is 1. The zero-order valence-electron chi connectivity index (χ0n) is 8.92. The van der Waals surface area contributed by atoms with Crippen LogP contribution in [0.15, 0.2) is 24.5 Å². The van der Waals surface area contributed by atoms with Crippen LogP contribution in [0.5, 0.6) is 0 Å². The first-order valence-electron chi connectivity index (χ1n) is 5.00. The second-order valence-electron chi connectivity index (χ2n) is 3.79. The summed E-state index contributed by atoms with van der Waals surface area (Å²) < 4.78 is 1.71. The van der Waals surface area contributed by atoms with Crippen LogP contribution in [0.1, 0.15) is 23.6 Å². The molecule has 0 radical (unpaired) electrons. The van der Waals surface area contributed by atoms with Crippen molar-refractivity contribution >= 4 is 11.5 Å². The topological polar surface area (TPSA) is 80.6 Å². The molecule has 84 valence electrons. The normalized spacial score (nSPS) is 12.9. The highest BCUT2D eigenvalue weighted by molar-refractivity contribution is 5.70. The Hall–Kier alpha value is -1.88. The van der Waals surface area contributed by atoms with Gasteiger partial charge >= 0.3 is 5.97 Å². The highest BCUT2D eigenvalue weighted by Gasteiger charge is 2.16. The second kappa shape index (κ2) is 3.94. The van der Waals surface area contributed by atoms with Crippen LogP contribution in [-0.2, 0) is 4.79 Å². The van der Waals surface area contributed by atoms with Crippen molar-refractivity contribution in [2.45, 2.75) is 19.4 Å². The lowest BCUT2D eigenvalue weighted by atomic mass is 10.0. The quantitative estimate of drug-likeness (QED) is 0.810. The van der Waals surface area contributed by atoms with E-state index in [0.29, 0.717) is 0 Å². The minimum atomic E-state index is -0.902. The second-order valence-corrected chi connectivity index (χ2v) is 3.79. The molecule has 1 atom stereocenters. The Balaban J connectivity index is 2.48. The molecule has 2 aromatic heterocycles. The molecule has 0 aromatic carbocycles. The van der Waals surface area contributed by atoms with Gasteiger partial charge in [0, 0.05) is 17.8 Å². The molecule has 0 amide bonds. The van der Waals surface area contributed by atoms with Crippen LogP contribution in [0.2, 0.25) is 0 Å². The van der Waals surface area contributed by atoms with E-state index in [-0.39, 0.29) is 6.42 Å². The van der Waals surface area contributed by atoms with Gasteiger partial charge in [-0.25, -0.2) is 4.52 Å². The molecule has 2 rings (SSSR count). The fourth-order valence-electron chi connectivity index (χ4n) is 1.81. The van der Waals surface area contributed by atoms with Crippen LogP contribution in [0.25, 0.3) is 5.52 Å². The Bertz CT molecular complexity index is 533. The number of carboxylic acids is 1. The lowest BCUT2D eigenvalue weighted by molar-refractivity contribution is -0.137. The maximum Gasteiger partial charge on any atom is 0.305 e. The van der Waals surface area contributed by atoms with E-state index in [2.05, 4.69) is 5.10 Å². The summed E-state index contributed by atoms with van der Waals surface area (Å²) in [6.07, 6.45) is 3.37. The third-order valence-electron chi connectivity index (χ3n) is 2.56. The Kier molecular flexibility index (Phi) is 2.62. The van der Waals surface area contributed by atoms with Gasteiger partial charge in [0.25, 0.3) is 0 Å². The number of aliphatic carboxylic acids is 1. The molecule has 0 saturated carbocycles. The van der Waals surface area contributed by atoms with E-state index < -0.39 is 12.0 Å². The van der Waals surface area contributed by atoms with Crippen molar-refractivity contribution in [2.75, 3.05) is 0 Å². The van der Waals surface area contributed by atoms with Crippen molar-refractivity contribution in [3.05, 3.63) is 35.7 Å². The van der Waals surface area contributed by atoms with Gasteiger partial charge in [-0.2, -0.15) is 5.10 Å². The lowest BCUT2D eigenvalue weighted by Crippen LogP contribution is -2.14. The summed E-state index contributed by atoms with van der Waals surface area (Å²) in [7, 11) is 0. The van der Waals surface area contributed by atoms with Crippen molar-refractivity contribution in [3.8, 4) is 0 Å². The SMILES string of the molecule is Cc1cccn2ncc(C(N)CC(=O)O)c12. The molecule has 0 aliphatic heterocycles. The van der Waals surface area contributed by atoms with E-state index in [0.717, 1.165) is 16.6 Å². The first-order chi connectivity index (χ1) is 7.59. The lowest BCUT2D eigenvalue weighted by Gasteiger charge is -2.08. The van der Waals surface area contributed by atoms with Gasteiger partial charge in [0.05, 0.1) is 18.1 Å². The van der Waals surface area contributed by atoms with Crippen molar-refractivity contribution in [1.29, 1.82) is 0 Å². The number of rotatable bonds is 3. The predicted octanol–water partition coefficient (Wildman–Crippen LogP) is 1.12. The number of fused-ring (bicyclic) bond motifs is 1. The molecular formula is C11H13N3O2.